The van der Waals surface area contributed by atoms with Gasteiger partial charge in [0, 0.05) is 35.1 Å². The molecule has 4 heteroatoms. The maximum atomic E-state index is 4.31. The fourth-order valence-corrected chi connectivity index (χ4v) is 2.28. The van der Waals surface area contributed by atoms with E-state index >= 15 is 0 Å². The fraction of sp³-hybridized carbons (Fsp3) is 0.286. The van der Waals surface area contributed by atoms with Crippen LogP contribution in [0.2, 0.25) is 0 Å². The van der Waals surface area contributed by atoms with Crippen LogP contribution in [0.15, 0.2) is 47.3 Å². The molecule has 1 N–H and O–H groups in total. The summed E-state index contributed by atoms with van der Waals surface area (Å²) in [4.78, 5) is 8.40. The summed E-state index contributed by atoms with van der Waals surface area (Å²) in [5, 5.41) is 3.52. The van der Waals surface area contributed by atoms with Crippen molar-refractivity contribution in [3.63, 3.8) is 0 Å². The maximum Gasteiger partial charge on any atom is 0.0753 e. The van der Waals surface area contributed by atoms with Gasteiger partial charge in [-0.1, -0.05) is 28.1 Å². The van der Waals surface area contributed by atoms with Crippen LogP contribution in [0.1, 0.15) is 37.2 Å². The van der Waals surface area contributed by atoms with Crippen LogP contribution in [0, 0.1) is 0 Å². The van der Waals surface area contributed by atoms with Gasteiger partial charge in [0.2, 0.25) is 0 Å². The van der Waals surface area contributed by atoms with Crippen molar-refractivity contribution in [1.82, 2.24) is 15.3 Å². The fourth-order valence-electron chi connectivity index (χ4n) is 1.87. The molecule has 3 nitrogen and oxygen atoms in total. The number of hydrogen-bond acceptors (Lipinski definition) is 3. The third kappa shape index (κ3) is 3.37. The molecule has 18 heavy (non-hydrogen) atoms. The second-order valence-corrected chi connectivity index (χ2v) is 5.21. The Labute approximate surface area is 116 Å². The highest BCUT2D eigenvalue weighted by molar-refractivity contribution is 9.10. The molecule has 1 unspecified atom stereocenters. The maximum absolute atomic E-state index is 4.31. The Balaban J connectivity index is 2.05. The van der Waals surface area contributed by atoms with Crippen molar-refractivity contribution in [2.45, 2.75) is 25.9 Å². The molecule has 2 aromatic rings. The van der Waals surface area contributed by atoms with Gasteiger partial charge < -0.3 is 5.32 Å². The lowest BCUT2D eigenvalue weighted by atomic mass is 10.1. The molecule has 1 aromatic carbocycles. The standard InChI is InChI=1S/C14H16BrN3/c1-10(12-4-3-5-13(15)8-12)18-11(2)14-9-16-6-7-17-14/h3-11,18H,1-2H3/t10-,11?/m1/s1. The van der Waals surface area contributed by atoms with Crippen LogP contribution in [-0.2, 0) is 0 Å². The van der Waals surface area contributed by atoms with E-state index in [-0.39, 0.29) is 12.1 Å². The molecule has 0 amide bonds. The molecule has 0 aliphatic carbocycles. The third-order valence-electron chi connectivity index (χ3n) is 2.88. The lowest BCUT2D eigenvalue weighted by molar-refractivity contribution is 0.485. The molecule has 0 aliphatic heterocycles. The summed E-state index contributed by atoms with van der Waals surface area (Å²) in [6.45, 7) is 4.24. The van der Waals surface area contributed by atoms with E-state index in [2.05, 4.69) is 57.2 Å². The molecule has 0 saturated carbocycles. The van der Waals surface area contributed by atoms with Crippen molar-refractivity contribution < 1.29 is 0 Å². The predicted molar refractivity (Wildman–Crippen MR) is 76.1 cm³/mol. The quantitative estimate of drug-likeness (QED) is 0.937. The Bertz CT molecular complexity index is 501. The summed E-state index contributed by atoms with van der Waals surface area (Å²) < 4.78 is 1.10. The number of benzene rings is 1. The Kier molecular flexibility index (Phi) is 4.44. The van der Waals surface area contributed by atoms with E-state index < -0.39 is 0 Å². The van der Waals surface area contributed by atoms with Gasteiger partial charge in [0.15, 0.2) is 0 Å². The van der Waals surface area contributed by atoms with Crippen LogP contribution in [0.4, 0.5) is 0 Å². The molecule has 0 bridgehead atoms. The van der Waals surface area contributed by atoms with Crippen LogP contribution < -0.4 is 5.32 Å². The zero-order chi connectivity index (χ0) is 13.0. The van der Waals surface area contributed by atoms with Crippen LogP contribution in [0.5, 0.6) is 0 Å². The van der Waals surface area contributed by atoms with Gasteiger partial charge >= 0.3 is 0 Å². The van der Waals surface area contributed by atoms with Crippen molar-refractivity contribution in [3.05, 3.63) is 58.6 Å². The first-order valence-corrected chi connectivity index (χ1v) is 6.73. The van der Waals surface area contributed by atoms with Crippen LogP contribution in [-0.4, -0.2) is 9.97 Å². The van der Waals surface area contributed by atoms with Crippen molar-refractivity contribution in [2.24, 2.45) is 0 Å². The zero-order valence-corrected chi connectivity index (χ0v) is 12.1. The SMILES string of the molecule is CC(N[C@H](C)c1cccc(Br)c1)c1cnccn1. The molecule has 1 heterocycles. The second-order valence-electron chi connectivity index (χ2n) is 4.30. The molecule has 1 aromatic heterocycles. The topological polar surface area (TPSA) is 37.8 Å². The van der Waals surface area contributed by atoms with E-state index in [4.69, 9.17) is 0 Å². The second kappa shape index (κ2) is 6.07. The minimum absolute atomic E-state index is 0.174. The first kappa shape index (κ1) is 13.2. The van der Waals surface area contributed by atoms with E-state index in [1.807, 2.05) is 12.1 Å². The Morgan fingerprint density at radius 2 is 2.00 bits per heavy atom. The lowest BCUT2D eigenvalue weighted by Gasteiger charge is -2.20. The summed E-state index contributed by atoms with van der Waals surface area (Å²) in [6, 6.07) is 8.76. The number of rotatable bonds is 4. The minimum atomic E-state index is 0.174. The van der Waals surface area contributed by atoms with Gasteiger partial charge in [-0.2, -0.15) is 0 Å². The molecule has 0 saturated heterocycles. The number of aromatic nitrogens is 2. The molecule has 2 rings (SSSR count). The number of nitrogens with zero attached hydrogens (tertiary/aromatic N) is 2. The monoisotopic (exact) mass is 305 g/mol. The van der Waals surface area contributed by atoms with E-state index in [1.54, 1.807) is 18.6 Å². The smallest absolute Gasteiger partial charge is 0.0753 e. The summed E-state index contributed by atoms with van der Waals surface area (Å²) in [6.07, 6.45) is 5.20. The Morgan fingerprint density at radius 3 is 2.67 bits per heavy atom. The van der Waals surface area contributed by atoms with Crippen molar-refractivity contribution in [3.8, 4) is 0 Å². The molecule has 0 radical (unpaired) electrons. The highest BCUT2D eigenvalue weighted by atomic mass is 79.9. The van der Waals surface area contributed by atoms with E-state index in [0.29, 0.717) is 0 Å². The van der Waals surface area contributed by atoms with Gasteiger partial charge in [-0.05, 0) is 31.5 Å². The Hall–Kier alpha value is -1.26. The van der Waals surface area contributed by atoms with Crippen LogP contribution in [0.25, 0.3) is 0 Å². The van der Waals surface area contributed by atoms with Crippen LogP contribution >= 0.6 is 15.9 Å². The van der Waals surface area contributed by atoms with Gasteiger partial charge in [-0.25, -0.2) is 0 Å². The number of hydrogen-bond donors (Lipinski definition) is 1. The molecule has 0 aliphatic rings. The summed E-state index contributed by atoms with van der Waals surface area (Å²) in [5.74, 6) is 0. The van der Waals surface area contributed by atoms with Gasteiger partial charge in [0.1, 0.15) is 0 Å². The van der Waals surface area contributed by atoms with Gasteiger partial charge in [0.05, 0.1) is 5.69 Å². The molecular formula is C14H16BrN3. The molecule has 0 fully saturated rings. The highest BCUT2D eigenvalue weighted by Crippen LogP contribution is 2.20. The molecule has 0 spiro atoms. The first-order chi connectivity index (χ1) is 8.66. The first-order valence-electron chi connectivity index (χ1n) is 5.94. The summed E-state index contributed by atoms with van der Waals surface area (Å²) >= 11 is 3.49. The van der Waals surface area contributed by atoms with E-state index in [9.17, 15) is 0 Å². The lowest BCUT2D eigenvalue weighted by Crippen LogP contribution is -2.23. The Morgan fingerprint density at radius 1 is 1.17 bits per heavy atom. The zero-order valence-electron chi connectivity index (χ0n) is 10.5. The van der Waals surface area contributed by atoms with Gasteiger partial charge in [0.25, 0.3) is 0 Å². The van der Waals surface area contributed by atoms with E-state index in [1.165, 1.54) is 5.56 Å². The normalized spacial score (nSPS) is 14.2. The summed E-state index contributed by atoms with van der Waals surface area (Å²) in [7, 11) is 0. The van der Waals surface area contributed by atoms with Crippen LogP contribution in [0.3, 0.4) is 0 Å². The van der Waals surface area contributed by atoms with Crippen molar-refractivity contribution >= 4 is 15.9 Å². The summed E-state index contributed by atoms with van der Waals surface area (Å²) in [5.41, 5.74) is 2.21. The number of nitrogens with one attached hydrogen (secondary N) is 1. The molecule has 2 atom stereocenters. The van der Waals surface area contributed by atoms with Crippen molar-refractivity contribution in [1.29, 1.82) is 0 Å². The van der Waals surface area contributed by atoms with E-state index in [0.717, 1.165) is 10.2 Å². The highest BCUT2D eigenvalue weighted by Gasteiger charge is 2.12. The van der Waals surface area contributed by atoms with Gasteiger partial charge in [-0.15, -0.1) is 0 Å². The number of halogens is 1. The van der Waals surface area contributed by atoms with Crippen molar-refractivity contribution in [2.75, 3.05) is 0 Å². The van der Waals surface area contributed by atoms with Gasteiger partial charge in [-0.3, -0.25) is 9.97 Å². The average Bonchev–Trinajstić information content (AvgIpc) is 2.39. The molecule has 94 valence electrons. The molecular weight excluding hydrogens is 290 g/mol. The predicted octanol–water partition coefficient (Wildman–Crippen LogP) is 3.65. The average molecular weight is 306 g/mol. The third-order valence-corrected chi connectivity index (χ3v) is 3.37. The largest absolute Gasteiger partial charge is 0.302 e. The minimum Gasteiger partial charge on any atom is -0.302 e.